The molecule has 2 aliphatic heterocycles. The second kappa shape index (κ2) is 12.3. The van der Waals surface area contributed by atoms with E-state index < -0.39 is 18.6 Å². The Bertz CT molecular complexity index is 1380. The summed E-state index contributed by atoms with van der Waals surface area (Å²) in [7, 11) is 0. The number of allylic oxidation sites excluding steroid dienone is 1. The van der Waals surface area contributed by atoms with Gasteiger partial charge in [0, 0.05) is 53.4 Å². The molecule has 2 atom stereocenters. The molecule has 2 fully saturated rings. The third-order valence-electron chi connectivity index (χ3n) is 8.94. The molecule has 1 N–H and O–H groups in total. The standard InChI is InChI=1S/C30H37F3N4O3S/c1-16-11-26(41-4)24(28(38)35-16)13-34-29(39)27-18(3)37(25-12-20(31)7-10-23(25)27)17(2)19-5-8-21(9-6-19)36-14-22(15-36)40-30(32)33/h7,10-12,17,19,21-22,24,30H,5-6,8-9,13-15H2,1-4H3,(H,34,39)/t17-,19?,21?,24?/m1/s1. The van der Waals surface area contributed by atoms with Gasteiger partial charge >= 0.3 is 6.61 Å². The predicted octanol–water partition coefficient (Wildman–Crippen LogP) is 5.73. The summed E-state index contributed by atoms with van der Waals surface area (Å²) in [5.41, 5.74) is 2.58. The molecule has 1 unspecified atom stereocenters. The van der Waals surface area contributed by atoms with Gasteiger partial charge in [0.1, 0.15) is 5.82 Å². The van der Waals surface area contributed by atoms with Crippen LogP contribution in [-0.2, 0) is 9.53 Å². The highest BCUT2D eigenvalue weighted by molar-refractivity contribution is 8.02. The summed E-state index contributed by atoms with van der Waals surface area (Å²) in [6, 6.07) is 4.89. The molecule has 0 spiro atoms. The van der Waals surface area contributed by atoms with Crippen LogP contribution in [0.1, 0.15) is 61.6 Å². The van der Waals surface area contributed by atoms with Crippen molar-refractivity contribution < 1.29 is 27.5 Å². The molecule has 2 amide bonds. The van der Waals surface area contributed by atoms with Crippen LogP contribution in [0, 0.1) is 24.6 Å². The zero-order valence-corrected chi connectivity index (χ0v) is 24.6. The Labute approximate surface area is 242 Å². The summed E-state index contributed by atoms with van der Waals surface area (Å²) in [6.07, 6.45) is 7.19. The first-order chi connectivity index (χ1) is 19.6. The van der Waals surface area contributed by atoms with E-state index in [4.69, 9.17) is 0 Å². The van der Waals surface area contributed by atoms with Crippen molar-refractivity contribution in [1.82, 2.24) is 14.8 Å². The van der Waals surface area contributed by atoms with Crippen LogP contribution < -0.4 is 5.32 Å². The van der Waals surface area contributed by atoms with Crippen molar-refractivity contribution in [2.75, 3.05) is 25.9 Å². The number of rotatable bonds is 9. The minimum atomic E-state index is -2.73. The number of hydrogen-bond acceptors (Lipinski definition) is 5. The van der Waals surface area contributed by atoms with Gasteiger partial charge in [-0.2, -0.15) is 8.78 Å². The number of alkyl halides is 2. The molecule has 1 aromatic heterocycles. The molecule has 1 saturated carbocycles. The SMILES string of the molecule is CSC1=CC(C)=NC(=O)C1CNC(=O)c1c(C)n([C@H](C)C2CCC(N3CC(OC(F)F)C3)CC2)c2cc(F)ccc12. The smallest absolute Gasteiger partial charge is 0.345 e. The lowest BCUT2D eigenvalue weighted by atomic mass is 9.80. The number of halogens is 3. The lowest BCUT2D eigenvalue weighted by Crippen LogP contribution is -2.57. The maximum Gasteiger partial charge on any atom is 0.345 e. The molecule has 7 nitrogen and oxygen atoms in total. The molecule has 3 heterocycles. The fraction of sp³-hybridized carbons (Fsp3) is 0.567. The van der Waals surface area contributed by atoms with Crippen LogP contribution in [0.5, 0.6) is 0 Å². The van der Waals surface area contributed by atoms with Crippen LogP contribution in [0.3, 0.4) is 0 Å². The number of carbonyl (C=O) groups is 2. The van der Waals surface area contributed by atoms with Crippen molar-refractivity contribution in [3.05, 3.63) is 46.3 Å². The van der Waals surface area contributed by atoms with Crippen LogP contribution in [0.25, 0.3) is 10.9 Å². The van der Waals surface area contributed by atoms with Crippen molar-refractivity contribution >= 4 is 40.2 Å². The molecular formula is C30H37F3N4O3S. The van der Waals surface area contributed by atoms with Crippen LogP contribution in [0.15, 0.2) is 34.2 Å². The van der Waals surface area contributed by atoms with Gasteiger partial charge in [-0.3, -0.25) is 14.5 Å². The second-order valence-electron chi connectivity index (χ2n) is 11.4. The summed E-state index contributed by atoms with van der Waals surface area (Å²) in [6.45, 7) is 4.28. The van der Waals surface area contributed by atoms with E-state index in [1.807, 2.05) is 19.3 Å². The summed E-state index contributed by atoms with van der Waals surface area (Å²) in [5, 5.41) is 3.63. The minimum Gasteiger partial charge on any atom is -0.351 e. The molecule has 41 heavy (non-hydrogen) atoms. The van der Waals surface area contributed by atoms with Gasteiger partial charge in [-0.25, -0.2) is 9.38 Å². The van der Waals surface area contributed by atoms with E-state index in [0.29, 0.717) is 47.2 Å². The molecule has 5 rings (SSSR count). The monoisotopic (exact) mass is 590 g/mol. The van der Waals surface area contributed by atoms with E-state index in [0.717, 1.165) is 36.3 Å². The van der Waals surface area contributed by atoms with E-state index in [2.05, 4.69) is 31.4 Å². The van der Waals surface area contributed by atoms with Crippen LogP contribution in [-0.4, -0.2) is 71.6 Å². The summed E-state index contributed by atoms with van der Waals surface area (Å²) in [5.74, 6) is -1.14. The van der Waals surface area contributed by atoms with Crippen LogP contribution in [0.4, 0.5) is 13.2 Å². The molecule has 222 valence electrons. The first-order valence-corrected chi connectivity index (χ1v) is 15.4. The van der Waals surface area contributed by atoms with Gasteiger partial charge in [-0.15, -0.1) is 11.8 Å². The third-order valence-corrected chi connectivity index (χ3v) is 9.81. The van der Waals surface area contributed by atoms with Crippen molar-refractivity contribution in [1.29, 1.82) is 0 Å². The Morgan fingerprint density at radius 3 is 2.56 bits per heavy atom. The number of likely N-dealkylation sites (tertiary alicyclic amines) is 1. The van der Waals surface area contributed by atoms with E-state index in [9.17, 15) is 22.8 Å². The van der Waals surface area contributed by atoms with Gasteiger partial charge in [-0.1, -0.05) is 0 Å². The molecule has 11 heteroatoms. The number of amides is 2. The maximum absolute atomic E-state index is 14.5. The van der Waals surface area contributed by atoms with E-state index in [1.165, 1.54) is 23.9 Å². The summed E-state index contributed by atoms with van der Waals surface area (Å²) >= 11 is 1.47. The van der Waals surface area contributed by atoms with E-state index in [-0.39, 0.29) is 30.2 Å². The number of dihydropyridines is 1. The average molecular weight is 591 g/mol. The third kappa shape index (κ3) is 6.12. The van der Waals surface area contributed by atoms with Gasteiger partial charge in [0.2, 0.25) is 0 Å². The molecular weight excluding hydrogens is 553 g/mol. The average Bonchev–Trinajstić information content (AvgIpc) is 3.19. The quantitative estimate of drug-likeness (QED) is 0.404. The van der Waals surface area contributed by atoms with Gasteiger partial charge in [0.25, 0.3) is 11.8 Å². The molecule has 1 saturated heterocycles. The fourth-order valence-corrected chi connectivity index (χ4v) is 7.52. The molecule has 1 aliphatic carbocycles. The second-order valence-corrected chi connectivity index (χ2v) is 12.3. The number of thioether (sulfide) groups is 1. The fourth-order valence-electron chi connectivity index (χ4n) is 6.77. The largest absolute Gasteiger partial charge is 0.351 e. The van der Waals surface area contributed by atoms with Crippen molar-refractivity contribution in [3.63, 3.8) is 0 Å². The minimum absolute atomic E-state index is 0.0244. The zero-order valence-electron chi connectivity index (χ0n) is 23.8. The number of nitrogens with zero attached hydrogens (tertiary/aromatic N) is 3. The van der Waals surface area contributed by atoms with Crippen molar-refractivity contribution in [3.8, 4) is 0 Å². The molecule has 2 aromatic rings. The van der Waals surface area contributed by atoms with Crippen LogP contribution >= 0.6 is 11.8 Å². The maximum atomic E-state index is 14.5. The first kappa shape index (κ1) is 29.8. The van der Waals surface area contributed by atoms with Gasteiger partial charge in [0.05, 0.1) is 23.1 Å². The number of aliphatic imine (C=N–C) groups is 1. The topological polar surface area (TPSA) is 75.9 Å². The van der Waals surface area contributed by atoms with Gasteiger partial charge in [-0.05, 0) is 82.9 Å². The number of nitrogens with one attached hydrogen (secondary N) is 1. The normalized spacial score (nSPS) is 24.8. The summed E-state index contributed by atoms with van der Waals surface area (Å²) in [4.78, 5) is 33.3. The highest BCUT2D eigenvalue weighted by atomic mass is 32.2. The predicted molar refractivity (Wildman–Crippen MR) is 155 cm³/mol. The lowest BCUT2D eigenvalue weighted by Gasteiger charge is -2.46. The Morgan fingerprint density at radius 1 is 1.20 bits per heavy atom. The molecule has 0 radical (unpaired) electrons. The van der Waals surface area contributed by atoms with Crippen molar-refractivity contribution in [2.45, 2.75) is 71.3 Å². The number of carbonyl (C=O) groups excluding carboxylic acids is 2. The molecule has 1 aromatic carbocycles. The number of hydrogen-bond donors (Lipinski definition) is 1. The Morgan fingerprint density at radius 2 is 1.90 bits per heavy atom. The van der Waals surface area contributed by atoms with Crippen LogP contribution in [0.2, 0.25) is 0 Å². The number of aromatic nitrogens is 1. The molecule has 3 aliphatic rings. The summed E-state index contributed by atoms with van der Waals surface area (Å²) < 4.78 is 46.1. The van der Waals surface area contributed by atoms with Gasteiger partial charge in [0.15, 0.2) is 0 Å². The first-order valence-electron chi connectivity index (χ1n) is 14.2. The Hall–Kier alpha value is -2.63. The number of fused-ring (bicyclic) bond motifs is 1. The highest BCUT2D eigenvalue weighted by Gasteiger charge is 2.38. The lowest BCUT2D eigenvalue weighted by molar-refractivity contribution is -0.202. The van der Waals surface area contributed by atoms with E-state index >= 15 is 0 Å². The zero-order chi connectivity index (χ0) is 29.4. The van der Waals surface area contributed by atoms with Gasteiger partial charge < -0.3 is 14.6 Å². The number of ether oxygens (including phenoxy) is 1. The van der Waals surface area contributed by atoms with Crippen molar-refractivity contribution in [2.24, 2.45) is 16.8 Å². The Kier molecular flexibility index (Phi) is 8.96. The highest BCUT2D eigenvalue weighted by Crippen LogP contribution is 2.40. The number of benzene rings is 1. The Balaban J connectivity index is 1.30. The molecule has 0 bridgehead atoms. The van der Waals surface area contributed by atoms with E-state index in [1.54, 1.807) is 13.0 Å².